The molecule has 1 saturated carbocycles. The summed E-state index contributed by atoms with van der Waals surface area (Å²) in [5.41, 5.74) is 1.25. The molecule has 4 heteroatoms. The molecule has 0 radical (unpaired) electrons. The molecule has 4 aliphatic rings. The molecule has 5 rings (SSSR count). The Morgan fingerprint density at radius 1 is 1.13 bits per heavy atom. The number of hydrogen-bond acceptors (Lipinski definition) is 2. The average Bonchev–Trinajstić information content (AvgIpc) is 2.74. The van der Waals surface area contributed by atoms with Crippen molar-refractivity contribution in [1.29, 1.82) is 0 Å². The van der Waals surface area contributed by atoms with Crippen LogP contribution in [0, 0.1) is 11.8 Å². The molecular weight excluding hydrogens is 308 g/mol. The molecule has 2 atom stereocenters. The van der Waals surface area contributed by atoms with Crippen LogP contribution in [0.2, 0.25) is 5.02 Å². The van der Waals surface area contributed by atoms with Crippen molar-refractivity contribution in [2.24, 2.45) is 11.8 Å². The first-order chi connectivity index (χ1) is 11.2. The number of fused-ring (bicyclic) bond motifs is 4. The van der Waals surface area contributed by atoms with Crippen LogP contribution in [0.5, 0.6) is 0 Å². The number of halogens is 1. The monoisotopic (exact) mass is 332 g/mol. The summed E-state index contributed by atoms with van der Waals surface area (Å²) in [7, 11) is 0. The quantitative estimate of drug-likeness (QED) is 0.841. The van der Waals surface area contributed by atoms with Gasteiger partial charge < -0.3 is 4.90 Å². The van der Waals surface area contributed by atoms with Crippen LogP contribution in [-0.2, 0) is 11.3 Å². The summed E-state index contributed by atoms with van der Waals surface area (Å²) in [5, 5.41) is 0.794. The van der Waals surface area contributed by atoms with Gasteiger partial charge in [-0.05, 0) is 49.3 Å². The topological polar surface area (TPSA) is 23.6 Å². The first-order valence-corrected chi connectivity index (χ1v) is 9.34. The van der Waals surface area contributed by atoms with E-state index >= 15 is 0 Å². The third kappa shape index (κ3) is 3.27. The van der Waals surface area contributed by atoms with E-state index in [9.17, 15) is 4.79 Å². The van der Waals surface area contributed by atoms with Gasteiger partial charge in [-0.3, -0.25) is 9.69 Å². The lowest BCUT2D eigenvalue weighted by Gasteiger charge is -2.40. The number of benzene rings is 1. The van der Waals surface area contributed by atoms with Gasteiger partial charge in [0.05, 0.1) is 5.92 Å². The lowest BCUT2D eigenvalue weighted by Crippen LogP contribution is -2.50. The van der Waals surface area contributed by atoms with E-state index < -0.39 is 0 Å². The summed E-state index contributed by atoms with van der Waals surface area (Å²) in [6.45, 7) is 3.83. The largest absolute Gasteiger partial charge is 0.338 e. The molecule has 3 heterocycles. The summed E-state index contributed by atoms with van der Waals surface area (Å²) < 4.78 is 0. The first kappa shape index (κ1) is 15.5. The van der Waals surface area contributed by atoms with E-state index in [2.05, 4.69) is 15.9 Å². The van der Waals surface area contributed by atoms with Crippen molar-refractivity contribution in [3.05, 3.63) is 34.9 Å². The highest BCUT2D eigenvalue weighted by molar-refractivity contribution is 6.30. The standard InChI is InChI=1S/C19H25ClN2O/c20-17-6-2-5-15(9-17)10-21-12-16-7-8-18(13-21)22(19(16)23)11-14-3-1-4-14/h2,5-6,9,14,16,18H,1,3-4,7-8,10-13H2/t16-,18+/m1/s1. The number of carbonyl (C=O) groups is 1. The molecule has 2 bridgehead atoms. The van der Waals surface area contributed by atoms with E-state index in [0.29, 0.717) is 11.9 Å². The van der Waals surface area contributed by atoms with E-state index in [1.807, 2.05) is 18.2 Å². The van der Waals surface area contributed by atoms with E-state index in [0.717, 1.165) is 43.5 Å². The molecule has 23 heavy (non-hydrogen) atoms. The number of rotatable bonds is 4. The van der Waals surface area contributed by atoms with Gasteiger partial charge in [-0.2, -0.15) is 0 Å². The van der Waals surface area contributed by atoms with Crippen molar-refractivity contribution in [1.82, 2.24) is 9.80 Å². The van der Waals surface area contributed by atoms with Crippen LogP contribution >= 0.6 is 11.6 Å². The molecular formula is C19H25ClN2O. The summed E-state index contributed by atoms with van der Waals surface area (Å²) in [6, 6.07) is 8.52. The predicted molar refractivity (Wildman–Crippen MR) is 92.3 cm³/mol. The number of hydrogen-bond donors (Lipinski definition) is 0. The Bertz CT molecular complexity index is 586. The van der Waals surface area contributed by atoms with Crippen molar-refractivity contribution in [2.75, 3.05) is 19.6 Å². The van der Waals surface area contributed by atoms with Gasteiger partial charge in [0, 0.05) is 37.2 Å². The Hall–Kier alpha value is -1.06. The number of piperidine rings is 1. The minimum absolute atomic E-state index is 0.202. The van der Waals surface area contributed by atoms with Crippen LogP contribution in [0.4, 0.5) is 0 Å². The van der Waals surface area contributed by atoms with Crippen molar-refractivity contribution in [3.63, 3.8) is 0 Å². The highest BCUT2D eigenvalue weighted by Gasteiger charge is 2.41. The third-order valence-corrected chi connectivity index (χ3v) is 6.08. The van der Waals surface area contributed by atoms with Crippen LogP contribution in [0.15, 0.2) is 24.3 Å². The zero-order chi connectivity index (χ0) is 15.8. The molecule has 1 amide bonds. The SMILES string of the molecule is O=C1[C@@H]2CC[C@@H](CN(Cc3cccc(Cl)c3)C2)N1CC1CCC1. The lowest BCUT2D eigenvalue weighted by atomic mass is 9.83. The molecule has 0 N–H and O–H groups in total. The van der Waals surface area contributed by atoms with Gasteiger partial charge in [-0.15, -0.1) is 0 Å². The van der Waals surface area contributed by atoms with Crippen LogP contribution in [0.3, 0.4) is 0 Å². The minimum atomic E-state index is 0.202. The molecule has 124 valence electrons. The van der Waals surface area contributed by atoms with Crippen LogP contribution in [0.25, 0.3) is 0 Å². The van der Waals surface area contributed by atoms with Gasteiger partial charge in [-0.25, -0.2) is 0 Å². The van der Waals surface area contributed by atoms with Crippen LogP contribution in [0.1, 0.15) is 37.7 Å². The van der Waals surface area contributed by atoms with Crippen molar-refractivity contribution in [3.8, 4) is 0 Å². The Labute approximate surface area is 143 Å². The maximum atomic E-state index is 12.8. The zero-order valence-corrected chi connectivity index (χ0v) is 14.3. The minimum Gasteiger partial charge on any atom is -0.338 e. The predicted octanol–water partition coefficient (Wildman–Crippen LogP) is 3.56. The van der Waals surface area contributed by atoms with Gasteiger partial charge in [0.1, 0.15) is 0 Å². The highest BCUT2D eigenvalue weighted by atomic mass is 35.5. The second-order valence-electron chi connectivity index (χ2n) is 7.54. The Morgan fingerprint density at radius 2 is 2.00 bits per heavy atom. The van der Waals surface area contributed by atoms with Crippen molar-refractivity contribution >= 4 is 17.5 Å². The van der Waals surface area contributed by atoms with Crippen molar-refractivity contribution in [2.45, 2.75) is 44.7 Å². The van der Waals surface area contributed by atoms with Gasteiger partial charge in [-0.1, -0.05) is 30.2 Å². The maximum absolute atomic E-state index is 12.8. The summed E-state index contributed by atoms with van der Waals surface area (Å²) in [6.07, 6.45) is 6.22. The third-order valence-electron chi connectivity index (χ3n) is 5.84. The van der Waals surface area contributed by atoms with Crippen molar-refractivity contribution < 1.29 is 4.79 Å². The summed E-state index contributed by atoms with van der Waals surface area (Å²) in [5.74, 6) is 1.38. The number of amides is 1. The van der Waals surface area contributed by atoms with E-state index in [4.69, 9.17) is 11.6 Å². The molecule has 0 spiro atoms. The molecule has 1 aromatic carbocycles. The molecule has 1 aromatic rings. The fourth-order valence-electron chi connectivity index (χ4n) is 4.35. The molecule has 3 nitrogen and oxygen atoms in total. The van der Waals surface area contributed by atoms with Gasteiger partial charge >= 0.3 is 0 Å². The Morgan fingerprint density at radius 3 is 2.74 bits per heavy atom. The highest BCUT2D eigenvalue weighted by Crippen LogP contribution is 2.34. The molecule has 3 aliphatic heterocycles. The average molecular weight is 333 g/mol. The molecule has 4 fully saturated rings. The van der Waals surface area contributed by atoms with Gasteiger partial charge in [0.15, 0.2) is 0 Å². The molecule has 3 saturated heterocycles. The van der Waals surface area contributed by atoms with E-state index in [-0.39, 0.29) is 5.92 Å². The second kappa shape index (κ2) is 6.45. The Kier molecular flexibility index (Phi) is 4.33. The van der Waals surface area contributed by atoms with Gasteiger partial charge in [0.2, 0.25) is 5.91 Å². The van der Waals surface area contributed by atoms with E-state index in [1.54, 1.807) is 0 Å². The fourth-order valence-corrected chi connectivity index (χ4v) is 4.56. The first-order valence-electron chi connectivity index (χ1n) is 8.96. The zero-order valence-electron chi connectivity index (χ0n) is 13.6. The lowest BCUT2D eigenvalue weighted by molar-refractivity contribution is -0.141. The van der Waals surface area contributed by atoms with Crippen LogP contribution < -0.4 is 0 Å². The Balaban J connectivity index is 1.46. The number of carbonyl (C=O) groups excluding carboxylic acids is 1. The second-order valence-corrected chi connectivity index (χ2v) is 7.98. The normalized spacial score (nSPS) is 28.7. The molecule has 0 aromatic heterocycles. The smallest absolute Gasteiger partial charge is 0.227 e. The maximum Gasteiger partial charge on any atom is 0.227 e. The number of nitrogens with zero attached hydrogens (tertiary/aromatic N) is 2. The van der Waals surface area contributed by atoms with Crippen LogP contribution in [-0.4, -0.2) is 41.4 Å². The van der Waals surface area contributed by atoms with E-state index in [1.165, 1.54) is 31.2 Å². The fraction of sp³-hybridized carbons (Fsp3) is 0.632. The summed E-state index contributed by atoms with van der Waals surface area (Å²) in [4.78, 5) is 17.5. The van der Waals surface area contributed by atoms with Gasteiger partial charge in [0.25, 0.3) is 0 Å². The summed E-state index contributed by atoms with van der Waals surface area (Å²) >= 11 is 6.11. The molecule has 1 aliphatic carbocycles. The molecule has 0 unspecified atom stereocenters.